The Hall–Kier alpha value is -1.36. The molecule has 2 fully saturated rings. The average molecular weight is 441 g/mol. The summed E-state index contributed by atoms with van der Waals surface area (Å²) < 4.78 is 5.92. The molecule has 0 saturated heterocycles. The van der Waals surface area contributed by atoms with Crippen molar-refractivity contribution < 1.29 is 9.84 Å². The predicted molar refractivity (Wildman–Crippen MR) is 132 cm³/mol. The summed E-state index contributed by atoms with van der Waals surface area (Å²) in [6, 6.07) is 4.43. The van der Waals surface area contributed by atoms with E-state index in [4.69, 9.17) is 4.74 Å². The largest absolute Gasteiger partial charge is 0.508 e. The maximum absolute atomic E-state index is 10.6. The molecule has 0 aliphatic heterocycles. The number of rotatable bonds is 7. The van der Waals surface area contributed by atoms with Gasteiger partial charge in [0.05, 0.1) is 13.2 Å². The Morgan fingerprint density at radius 2 is 1.94 bits per heavy atom. The van der Waals surface area contributed by atoms with Gasteiger partial charge in [-0.05, 0) is 107 Å². The highest BCUT2D eigenvalue weighted by Gasteiger charge is 2.54. The molecule has 178 valence electrons. The highest BCUT2D eigenvalue weighted by molar-refractivity contribution is 5.46. The number of aromatic hydroxyl groups is 1. The highest BCUT2D eigenvalue weighted by Crippen LogP contribution is 2.64. The van der Waals surface area contributed by atoms with E-state index in [0.717, 1.165) is 50.1 Å². The molecule has 1 aromatic rings. The lowest BCUT2D eigenvalue weighted by atomic mass is 9.52. The van der Waals surface area contributed by atoms with Gasteiger partial charge in [0.25, 0.3) is 0 Å². The summed E-state index contributed by atoms with van der Waals surface area (Å²) in [5.41, 5.74) is 6.00. The summed E-state index contributed by atoms with van der Waals surface area (Å²) >= 11 is 0. The van der Waals surface area contributed by atoms with Gasteiger partial charge in [-0.25, -0.2) is 0 Å². The van der Waals surface area contributed by atoms with Crippen LogP contribution in [0, 0.1) is 23.2 Å². The van der Waals surface area contributed by atoms with Gasteiger partial charge >= 0.3 is 0 Å². The topological polar surface area (TPSA) is 35.9 Å². The Bertz CT molecular complexity index is 846. The number of allylic oxidation sites excluding steroid dienone is 1. The van der Waals surface area contributed by atoms with Gasteiger partial charge in [-0.1, -0.05) is 31.6 Å². The Kier molecular flexibility index (Phi) is 7.05. The van der Waals surface area contributed by atoms with Crippen LogP contribution < -0.4 is 0 Å². The number of hydrogen-bond acceptors (Lipinski definition) is 4. The molecule has 4 rings (SSSR count). The van der Waals surface area contributed by atoms with Crippen molar-refractivity contribution >= 4 is 0 Å². The fraction of sp³-hybridized carbons (Fsp3) is 0.714. The van der Waals surface area contributed by atoms with Crippen molar-refractivity contribution in [3.8, 4) is 5.75 Å². The lowest BCUT2D eigenvalue weighted by Crippen LogP contribution is -2.43. The highest BCUT2D eigenvalue weighted by atomic mass is 16.5. The van der Waals surface area contributed by atoms with Crippen LogP contribution in [0.3, 0.4) is 0 Å². The van der Waals surface area contributed by atoms with Gasteiger partial charge in [0.15, 0.2) is 0 Å². The molecule has 5 unspecified atom stereocenters. The number of nitrogens with zero attached hydrogens (tertiary/aromatic N) is 2. The normalized spacial score (nSPS) is 32.9. The number of ether oxygens (including phenoxy) is 1. The van der Waals surface area contributed by atoms with Gasteiger partial charge in [-0.2, -0.15) is 0 Å². The Morgan fingerprint density at radius 3 is 2.66 bits per heavy atom. The van der Waals surface area contributed by atoms with Crippen LogP contribution in [0.5, 0.6) is 5.75 Å². The van der Waals surface area contributed by atoms with Crippen LogP contribution in [-0.4, -0.2) is 62.9 Å². The van der Waals surface area contributed by atoms with Crippen LogP contribution in [0.4, 0.5) is 0 Å². The number of phenolic OH excluding ortho intramolecular Hbond substituents is 1. The molecule has 4 heteroatoms. The second-order valence-corrected chi connectivity index (χ2v) is 11.5. The average Bonchev–Trinajstić information content (AvgIpc) is 3.04. The third-order valence-corrected chi connectivity index (χ3v) is 8.74. The molecule has 3 aliphatic rings. The van der Waals surface area contributed by atoms with Crippen molar-refractivity contribution in [1.82, 2.24) is 9.80 Å². The fourth-order valence-corrected chi connectivity index (χ4v) is 7.19. The van der Waals surface area contributed by atoms with Gasteiger partial charge < -0.3 is 19.6 Å². The van der Waals surface area contributed by atoms with Crippen LogP contribution >= 0.6 is 0 Å². The summed E-state index contributed by atoms with van der Waals surface area (Å²) in [6.07, 6.45) is 8.63. The van der Waals surface area contributed by atoms with Crippen LogP contribution in [0.15, 0.2) is 23.8 Å². The summed E-state index contributed by atoms with van der Waals surface area (Å²) in [6.45, 7) is 8.35. The van der Waals surface area contributed by atoms with Crippen molar-refractivity contribution in [2.24, 2.45) is 23.2 Å². The number of phenols is 1. The van der Waals surface area contributed by atoms with Gasteiger partial charge in [0, 0.05) is 18.7 Å². The van der Waals surface area contributed by atoms with Gasteiger partial charge in [-0.3, -0.25) is 0 Å². The van der Waals surface area contributed by atoms with Crippen LogP contribution in [-0.2, 0) is 17.7 Å². The summed E-state index contributed by atoms with van der Waals surface area (Å²) in [5, 5.41) is 10.6. The number of hydrogen-bond donors (Lipinski definition) is 1. The molecular formula is C28H44N2O2. The second-order valence-electron chi connectivity index (χ2n) is 11.5. The quantitative estimate of drug-likeness (QED) is 0.475. The Balaban J connectivity index is 1.54. The third-order valence-electron chi connectivity index (χ3n) is 8.74. The summed E-state index contributed by atoms with van der Waals surface area (Å²) in [4.78, 5) is 4.32. The zero-order valence-electron chi connectivity index (χ0n) is 21.2. The molecule has 4 nitrogen and oxygen atoms in total. The maximum Gasteiger partial charge on any atom is 0.120 e. The van der Waals surface area contributed by atoms with Crippen LogP contribution in [0.2, 0.25) is 0 Å². The van der Waals surface area contributed by atoms with E-state index in [2.05, 4.69) is 70.0 Å². The molecule has 0 heterocycles. The lowest BCUT2D eigenvalue weighted by molar-refractivity contribution is 0.0483. The van der Waals surface area contributed by atoms with E-state index in [1.54, 1.807) is 5.57 Å². The zero-order valence-corrected chi connectivity index (χ0v) is 21.2. The molecule has 2 saturated carbocycles. The standard InChI is InChI=1S/C28H44N2O2/c1-19-15-20-17-26(31)21(18-30(5)6)16-24(20)23-9-11-28(2)22(7-8-25(28)27(19)23)10-13-32-14-12-29(3)4/h10,16-17,19,23,25,27,31H,7-9,11-15,18H2,1-6H3/b22-10+. The smallest absolute Gasteiger partial charge is 0.120 e. The van der Waals surface area contributed by atoms with Crippen molar-refractivity contribution in [2.75, 3.05) is 47.9 Å². The van der Waals surface area contributed by atoms with E-state index >= 15 is 0 Å². The minimum absolute atomic E-state index is 0.335. The van der Waals surface area contributed by atoms with Crippen molar-refractivity contribution in [3.05, 3.63) is 40.5 Å². The molecule has 0 radical (unpaired) electrons. The Morgan fingerprint density at radius 1 is 1.16 bits per heavy atom. The van der Waals surface area contributed by atoms with E-state index in [-0.39, 0.29) is 0 Å². The van der Waals surface area contributed by atoms with E-state index in [1.807, 2.05) is 0 Å². The summed E-state index contributed by atoms with van der Waals surface area (Å²) in [7, 11) is 8.34. The van der Waals surface area contributed by atoms with Crippen molar-refractivity contribution in [2.45, 2.75) is 58.4 Å². The monoisotopic (exact) mass is 440 g/mol. The van der Waals surface area contributed by atoms with E-state index in [1.165, 1.54) is 36.8 Å². The lowest BCUT2D eigenvalue weighted by Gasteiger charge is -2.52. The van der Waals surface area contributed by atoms with Crippen molar-refractivity contribution in [3.63, 3.8) is 0 Å². The van der Waals surface area contributed by atoms with Crippen LogP contribution in [0.1, 0.15) is 62.1 Å². The minimum Gasteiger partial charge on any atom is -0.508 e. The first-order valence-corrected chi connectivity index (χ1v) is 12.6. The molecule has 32 heavy (non-hydrogen) atoms. The molecular weight excluding hydrogens is 396 g/mol. The third kappa shape index (κ3) is 4.51. The first-order chi connectivity index (χ1) is 15.2. The molecule has 3 aliphatic carbocycles. The molecule has 0 aromatic heterocycles. The predicted octanol–water partition coefficient (Wildman–Crippen LogP) is 5.06. The van der Waals surface area contributed by atoms with Gasteiger partial charge in [0.2, 0.25) is 0 Å². The summed E-state index contributed by atoms with van der Waals surface area (Å²) in [5.74, 6) is 3.31. The van der Waals surface area contributed by atoms with Gasteiger partial charge in [0.1, 0.15) is 5.75 Å². The molecule has 1 aromatic carbocycles. The van der Waals surface area contributed by atoms with Gasteiger partial charge in [-0.15, -0.1) is 0 Å². The zero-order chi connectivity index (χ0) is 23.0. The molecule has 5 atom stereocenters. The fourth-order valence-electron chi connectivity index (χ4n) is 7.19. The first-order valence-electron chi connectivity index (χ1n) is 12.6. The van der Waals surface area contributed by atoms with Crippen LogP contribution in [0.25, 0.3) is 0 Å². The number of fused-ring (bicyclic) bond motifs is 5. The molecule has 0 bridgehead atoms. The molecule has 0 spiro atoms. The maximum atomic E-state index is 10.6. The second kappa shape index (κ2) is 9.48. The number of likely N-dealkylation sites (N-methyl/N-ethyl adjacent to an activating group) is 1. The van der Waals surface area contributed by atoms with E-state index in [0.29, 0.717) is 23.0 Å². The van der Waals surface area contributed by atoms with E-state index in [9.17, 15) is 5.11 Å². The van der Waals surface area contributed by atoms with E-state index < -0.39 is 0 Å². The number of benzene rings is 1. The van der Waals surface area contributed by atoms with Crippen molar-refractivity contribution in [1.29, 1.82) is 0 Å². The Labute approximate surface area is 195 Å². The SMILES string of the molecule is CC1Cc2cc(O)c(CN(C)C)cc2C2CCC3(C)/C(=C/COCCN(C)C)CCC3C12. The molecule has 1 N–H and O–H groups in total. The first kappa shape index (κ1) is 23.8. The minimum atomic E-state index is 0.335. The molecule has 0 amide bonds.